The predicted molar refractivity (Wildman–Crippen MR) is 62.3 cm³/mol. The topological polar surface area (TPSA) is 37.3 Å². The second kappa shape index (κ2) is 3.89. The maximum absolute atomic E-state index is 10.8. The van der Waals surface area contributed by atoms with Gasteiger partial charge in [0.25, 0.3) is 0 Å². The molecule has 2 nitrogen and oxygen atoms in total. The highest BCUT2D eigenvalue weighted by Gasteiger charge is 2.20. The van der Waals surface area contributed by atoms with Crippen LogP contribution in [-0.2, 0) is 5.41 Å². The van der Waals surface area contributed by atoms with Crippen LogP contribution < -0.4 is 0 Å². The minimum atomic E-state index is -0.194. The molecule has 0 fully saturated rings. The Labute approximate surface area is 90.3 Å². The van der Waals surface area contributed by atoms with E-state index in [1.807, 2.05) is 26.8 Å². The van der Waals surface area contributed by atoms with Crippen molar-refractivity contribution in [3.8, 4) is 5.75 Å². The first kappa shape index (κ1) is 11.5. The number of rotatable bonds is 2. The van der Waals surface area contributed by atoms with Gasteiger partial charge in [0.1, 0.15) is 5.75 Å². The Balaban J connectivity index is 3.50. The fourth-order valence-corrected chi connectivity index (χ4v) is 1.46. The first-order valence-electron chi connectivity index (χ1n) is 4.85. The average molecular weight is 204 g/mol. The van der Waals surface area contributed by atoms with Crippen LogP contribution >= 0.6 is 0 Å². The lowest BCUT2D eigenvalue weighted by molar-refractivity contribution is 0.112. The Kier molecular flexibility index (Phi) is 2.98. The van der Waals surface area contributed by atoms with Crippen LogP contribution in [0.1, 0.15) is 42.3 Å². The Bertz CT molecular complexity index is 398. The molecule has 1 N–H and O–H groups in total. The number of phenols is 1. The molecule has 1 aromatic rings. The molecule has 15 heavy (non-hydrogen) atoms. The fraction of sp³-hybridized carbons (Fsp3) is 0.308. The van der Waals surface area contributed by atoms with Gasteiger partial charge in [-0.15, -0.1) is 0 Å². The van der Waals surface area contributed by atoms with E-state index in [2.05, 4.69) is 6.58 Å². The van der Waals surface area contributed by atoms with Gasteiger partial charge in [0.15, 0.2) is 6.29 Å². The molecule has 0 unspecified atom stereocenters. The normalized spacial score (nSPS) is 11.1. The highest BCUT2D eigenvalue weighted by molar-refractivity contribution is 5.82. The lowest BCUT2D eigenvalue weighted by Gasteiger charge is -2.21. The van der Waals surface area contributed by atoms with Gasteiger partial charge in [-0.25, -0.2) is 0 Å². The summed E-state index contributed by atoms with van der Waals surface area (Å²) in [5.74, 6) is 0.0723. The van der Waals surface area contributed by atoms with Crippen LogP contribution in [0.3, 0.4) is 0 Å². The molecule has 0 saturated carbocycles. The zero-order valence-electron chi connectivity index (χ0n) is 9.37. The zero-order chi connectivity index (χ0) is 11.6. The van der Waals surface area contributed by atoms with Crippen LogP contribution in [0.2, 0.25) is 0 Å². The van der Waals surface area contributed by atoms with Crippen molar-refractivity contribution in [3.63, 3.8) is 0 Å². The van der Waals surface area contributed by atoms with Crippen molar-refractivity contribution < 1.29 is 9.90 Å². The Morgan fingerprint density at radius 3 is 2.33 bits per heavy atom. The molecule has 1 rings (SSSR count). The van der Waals surface area contributed by atoms with E-state index in [4.69, 9.17) is 0 Å². The first-order chi connectivity index (χ1) is 6.90. The summed E-state index contributed by atoms with van der Waals surface area (Å²) in [6.45, 7) is 9.63. The van der Waals surface area contributed by atoms with Crippen molar-refractivity contribution in [2.75, 3.05) is 0 Å². The third-order valence-corrected chi connectivity index (χ3v) is 2.33. The minimum Gasteiger partial charge on any atom is -0.507 e. The van der Waals surface area contributed by atoms with Crippen molar-refractivity contribution in [2.24, 2.45) is 0 Å². The second-order valence-electron chi connectivity index (χ2n) is 4.58. The number of benzene rings is 1. The third kappa shape index (κ3) is 2.27. The molecule has 0 amide bonds. The maximum atomic E-state index is 10.8. The summed E-state index contributed by atoms with van der Waals surface area (Å²) in [5.41, 5.74) is 1.74. The molecule has 0 heterocycles. The number of hydrogen-bond donors (Lipinski definition) is 1. The zero-order valence-corrected chi connectivity index (χ0v) is 9.37. The van der Waals surface area contributed by atoms with Gasteiger partial charge in [0.05, 0.1) is 5.56 Å². The van der Waals surface area contributed by atoms with Crippen LogP contribution in [0, 0.1) is 0 Å². The van der Waals surface area contributed by atoms with E-state index in [0.29, 0.717) is 11.8 Å². The van der Waals surface area contributed by atoms with Crippen molar-refractivity contribution in [1.29, 1.82) is 0 Å². The van der Waals surface area contributed by atoms with Crippen molar-refractivity contribution in [1.82, 2.24) is 0 Å². The molecule has 0 aromatic heterocycles. The molecule has 0 aliphatic rings. The molecule has 0 radical (unpaired) electrons. The fourth-order valence-electron chi connectivity index (χ4n) is 1.46. The Morgan fingerprint density at radius 2 is 1.93 bits per heavy atom. The van der Waals surface area contributed by atoms with Crippen LogP contribution in [0.25, 0.3) is 6.08 Å². The van der Waals surface area contributed by atoms with E-state index < -0.39 is 0 Å². The first-order valence-corrected chi connectivity index (χ1v) is 4.85. The van der Waals surface area contributed by atoms with E-state index in [1.165, 1.54) is 0 Å². The lowest BCUT2D eigenvalue weighted by Crippen LogP contribution is -2.12. The number of hydrogen-bond acceptors (Lipinski definition) is 2. The highest BCUT2D eigenvalue weighted by atomic mass is 16.3. The SMILES string of the molecule is C=Cc1cc(C=O)c(O)c(C(C)(C)C)c1. The average Bonchev–Trinajstić information content (AvgIpc) is 2.16. The predicted octanol–water partition coefficient (Wildman–Crippen LogP) is 3.15. The summed E-state index contributed by atoms with van der Waals surface area (Å²) in [6, 6.07) is 3.49. The summed E-state index contributed by atoms with van der Waals surface area (Å²) in [6.07, 6.45) is 2.33. The molecular weight excluding hydrogens is 188 g/mol. The molecular formula is C13H16O2. The lowest BCUT2D eigenvalue weighted by atomic mass is 9.84. The molecule has 0 saturated heterocycles. The Hall–Kier alpha value is -1.57. The van der Waals surface area contributed by atoms with Gasteiger partial charge in [-0.05, 0) is 23.1 Å². The van der Waals surface area contributed by atoms with Gasteiger partial charge in [0.2, 0.25) is 0 Å². The van der Waals surface area contributed by atoms with Crippen molar-refractivity contribution in [2.45, 2.75) is 26.2 Å². The van der Waals surface area contributed by atoms with Gasteiger partial charge >= 0.3 is 0 Å². The van der Waals surface area contributed by atoms with E-state index >= 15 is 0 Å². The molecule has 0 atom stereocenters. The monoisotopic (exact) mass is 204 g/mol. The van der Waals surface area contributed by atoms with Crippen molar-refractivity contribution in [3.05, 3.63) is 35.4 Å². The standard InChI is InChI=1S/C13H16O2/c1-5-9-6-10(8-14)12(15)11(7-9)13(2,3)4/h5-8,15H,1H2,2-4H3. The molecule has 2 heteroatoms. The molecule has 0 bridgehead atoms. The van der Waals surface area contributed by atoms with Crippen LogP contribution in [-0.4, -0.2) is 11.4 Å². The third-order valence-electron chi connectivity index (χ3n) is 2.33. The van der Waals surface area contributed by atoms with Gasteiger partial charge in [-0.1, -0.05) is 33.4 Å². The van der Waals surface area contributed by atoms with E-state index in [0.717, 1.165) is 11.1 Å². The number of carbonyl (C=O) groups excluding carboxylic acids is 1. The summed E-state index contributed by atoms with van der Waals surface area (Å²) >= 11 is 0. The number of aromatic hydroxyl groups is 1. The van der Waals surface area contributed by atoms with Gasteiger partial charge in [0, 0.05) is 5.56 Å². The minimum absolute atomic E-state index is 0.0723. The number of phenolic OH excluding ortho intramolecular Hbond substituents is 1. The summed E-state index contributed by atoms with van der Waals surface area (Å²) in [4.78, 5) is 10.8. The second-order valence-corrected chi connectivity index (χ2v) is 4.58. The summed E-state index contributed by atoms with van der Waals surface area (Å²) in [7, 11) is 0. The van der Waals surface area contributed by atoms with Gasteiger partial charge < -0.3 is 5.11 Å². The van der Waals surface area contributed by atoms with Crippen LogP contribution in [0.4, 0.5) is 0 Å². The number of carbonyl (C=O) groups is 1. The molecule has 80 valence electrons. The molecule has 1 aromatic carbocycles. The molecule has 0 spiro atoms. The van der Waals surface area contributed by atoms with Gasteiger partial charge in [-0.2, -0.15) is 0 Å². The van der Waals surface area contributed by atoms with E-state index in [1.54, 1.807) is 12.1 Å². The van der Waals surface area contributed by atoms with Crippen LogP contribution in [0.5, 0.6) is 5.75 Å². The maximum Gasteiger partial charge on any atom is 0.153 e. The smallest absolute Gasteiger partial charge is 0.153 e. The molecule has 0 aliphatic heterocycles. The largest absolute Gasteiger partial charge is 0.507 e. The van der Waals surface area contributed by atoms with E-state index in [9.17, 15) is 9.90 Å². The van der Waals surface area contributed by atoms with Crippen molar-refractivity contribution >= 4 is 12.4 Å². The summed E-state index contributed by atoms with van der Waals surface area (Å²) < 4.78 is 0. The Morgan fingerprint density at radius 1 is 1.33 bits per heavy atom. The molecule has 0 aliphatic carbocycles. The quantitative estimate of drug-likeness (QED) is 0.751. The summed E-state index contributed by atoms with van der Waals surface area (Å²) in [5, 5.41) is 9.88. The van der Waals surface area contributed by atoms with Gasteiger partial charge in [-0.3, -0.25) is 4.79 Å². The van der Waals surface area contributed by atoms with E-state index in [-0.39, 0.29) is 11.2 Å². The number of aldehydes is 1. The highest BCUT2D eigenvalue weighted by Crippen LogP contribution is 2.33. The van der Waals surface area contributed by atoms with Crippen LogP contribution in [0.15, 0.2) is 18.7 Å².